The molecule has 1 aromatic rings. The van der Waals surface area contributed by atoms with E-state index in [1.807, 2.05) is 6.07 Å². The summed E-state index contributed by atoms with van der Waals surface area (Å²) in [6.45, 7) is 4.30. The lowest BCUT2D eigenvalue weighted by Crippen LogP contribution is -2.39. The molecule has 2 rings (SSSR count). The number of amides is 1. The van der Waals surface area contributed by atoms with Gasteiger partial charge < -0.3 is 9.64 Å². The Labute approximate surface area is 119 Å². The first kappa shape index (κ1) is 14.6. The largest absolute Gasteiger partial charge is 0.468 e. The van der Waals surface area contributed by atoms with Gasteiger partial charge in [-0.05, 0) is 36.0 Å². The lowest BCUT2D eigenvalue weighted by atomic mass is 9.93. The minimum Gasteiger partial charge on any atom is -0.468 e. The van der Waals surface area contributed by atoms with Gasteiger partial charge in [-0.25, -0.2) is 0 Å². The van der Waals surface area contributed by atoms with Crippen LogP contribution >= 0.6 is 0 Å². The first-order valence-electron chi connectivity index (χ1n) is 7.06. The van der Waals surface area contributed by atoms with Crippen molar-refractivity contribution < 1.29 is 14.3 Å². The number of carbonyl (C=O) groups is 2. The molecule has 4 nitrogen and oxygen atoms in total. The van der Waals surface area contributed by atoms with Crippen molar-refractivity contribution in [1.82, 2.24) is 0 Å². The molecule has 0 bridgehead atoms. The number of nitrogens with zero attached hydrogens (tertiary/aromatic N) is 1. The first-order valence-corrected chi connectivity index (χ1v) is 7.06. The highest BCUT2D eigenvalue weighted by atomic mass is 16.5. The second-order valence-corrected chi connectivity index (χ2v) is 5.25. The van der Waals surface area contributed by atoms with Crippen molar-refractivity contribution in [1.29, 1.82) is 0 Å². The molecule has 108 valence electrons. The van der Waals surface area contributed by atoms with E-state index in [4.69, 9.17) is 0 Å². The van der Waals surface area contributed by atoms with Gasteiger partial charge in [0.25, 0.3) is 0 Å². The normalized spacial score (nSPS) is 15.8. The molecule has 0 saturated carbocycles. The predicted octanol–water partition coefficient (Wildman–Crippen LogP) is 2.65. The number of hydrogen-bond acceptors (Lipinski definition) is 3. The maximum absolute atomic E-state index is 12.1. The fourth-order valence-corrected chi connectivity index (χ4v) is 2.46. The summed E-state index contributed by atoms with van der Waals surface area (Å²) in [4.78, 5) is 25.1. The van der Waals surface area contributed by atoms with Gasteiger partial charge in [-0.3, -0.25) is 9.59 Å². The molecule has 0 aromatic heterocycles. The van der Waals surface area contributed by atoms with Crippen molar-refractivity contribution in [3.8, 4) is 0 Å². The summed E-state index contributed by atoms with van der Waals surface area (Å²) in [7, 11) is 1.34. The van der Waals surface area contributed by atoms with Crippen molar-refractivity contribution in [3.63, 3.8) is 0 Å². The monoisotopic (exact) mass is 275 g/mol. The second-order valence-electron chi connectivity index (χ2n) is 5.25. The molecule has 1 aromatic carbocycles. The van der Waals surface area contributed by atoms with Gasteiger partial charge in [0.15, 0.2) is 0 Å². The van der Waals surface area contributed by atoms with E-state index in [1.54, 1.807) is 4.90 Å². The molecule has 1 atom stereocenters. The van der Waals surface area contributed by atoms with Crippen LogP contribution in [0.2, 0.25) is 0 Å². The van der Waals surface area contributed by atoms with E-state index in [2.05, 4.69) is 30.7 Å². The summed E-state index contributed by atoms with van der Waals surface area (Å²) in [5, 5.41) is 0. The standard InChI is InChI=1S/C16H21NO3/c1-4-11(2)13-6-5-12-7-8-15(18)17(14(12)9-13)10-16(19)20-3/h5-6,9,11H,4,7-8,10H2,1-3H3. The Kier molecular flexibility index (Phi) is 4.42. The van der Waals surface area contributed by atoms with E-state index in [0.29, 0.717) is 12.3 Å². The molecule has 0 radical (unpaired) electrons. The number of rotatable bonds is 4. The Balaban J connectivity index is 2.36. The van der Waals surface area contributed by atoms with Crippen molar-refractivity contribution in [2.45, 2.75) is 39.0 Å². The van der Waals surface area contributed by atoms with Crippen molar-refractivity contribution in [3.05, 3.63) is 29.3 Å². The quantitative estimate of drug-likeness (QED) is 0.794. The zero-order chi connectivity index (χ0) is 14.7. The molecule has 1 aliphatic rings. The van der Waals surface area contributed by atoms with Crippen molar-refractivity contribution in [2.75, 3.05) is 18.6 Å². The predicted molar refractivity (Wildman–Crippen MR) is 77.8 cm³/mol. The van der Waals surface area contributed by atoms with Crippen LogP contribution in [0.1, 0.15) is 43.7 Å². The van der Waals surface area contributed by atoms with Gasteiger partial charge in [0.05, 0.1) is 7.11 Å². The number of anilines is 1. The van der Waals surface area contributed by atoms with Gasteiger partial charge >= 0.3 is 5.97 Å². The molecule has 0 N–H and O–H groups in total. The van der Waals surface area contributed by atoms with Gasteiger partial charge in [-0.2, -0.15) is 0 Å². The summed E-state index contributed by atoms with van der Waals surface area (Å²) in [6.07, 6.45) is 2.24. The van der Waals surface area contributed by atoms with Crippen LogP contribution in [0.3, 0.4) is 0 Å². The molecule has 20 heavy (non-hydrogen) atoms. The number of carbonyl (C=O) groups excluding carboxylic acids is 2. The number of aryl methyl sites for hydroxylation is 1. The number of hydrogen-bond donors (Lipinski definition) is 0. The zero-order valence-electron chi connectivity index (χ0n) is 12.3. The zero-order valence-corrected chi connectivity index (χ0v) is 12.3. The van der Waals surface area contributed by atoms with Gasteiger partial charge in [-0.15, -0.1) is 0 Å². The topological polar surface area (TPSA) is 46.6 Å². The van der Waals surface area contributed by atoms with E-state index >= 15 is 0 Å². The third-order valence-electron chi connectivity index (χ3n) is 4.01. The van der Waals surface area contributed by atoms with Crippen LogP contribution in [0, 0.1) is 0 Å². The van der Waals surface area contributed by atoms with Crippen LogP contribution in [-0.4, -0.2) is 25.5 Å². The average Bonchev–Trinajstić information content (AvgIpc) is 2.48. The molecule has 1 aliphatic heterocycles. The molecule has 0 fully saturated rings. The Morgan fingerprint density at radius 2 is 2.15 bits per heavy atom. The molecule has 0 spiro atoms. The first-order chi connectivity index (χ1) is 9.56. The average molecular weight is 275 g/mol. The number of methoxy groups -OCH3 is 1. The third kappa shape index (κ3) is 2.84. The molecular formula is C16H21NO3. The van der Waals surface area contributed by atoms with Gasteiger partial charge in [-0.1, -0.05) is 26.0 Å². The van der Waals surface area contributed by atoms with Crippen LogP contribution in [0.4, 0.5) is 5.69 Å². The smallest absolute Gasteiger partial charge is 0.325 e. The van der Waals surface area contributed by atoms with E-state index < -0.39 is 0 Å². The van der Waals surface area contributed by atoms with Gasteiger partial charge in [0.2, 0.25) is 5.91 Å². The molecule has 1 unspecified atom stereocenters. The highest BCUT2D eigenvalue weighted by Gasteiger charge is 2.26. The Bertz CT molecular complexity index is 524. The molecule has 0 aliphatic carbocycles. The second kappa shape index (κ2) is 6.07. The lowest BCUT2D eigenvalue weighted by Gasteiger charge is -2.29. The summed E-state index contributed by atoms with van der Waals surface area (Å²) in [5.74, 6) is 0.0432. The number of ether oxygens (including phenoxy) is 1. The highest BCUT2D eigenvalue weighted by molar-refractivity contribution is 6.00. The van der Waals surface area contributed by atoms with E-state index in [0.717, 1.165) is 24.1 Å². The molecule has 1 amide bonds. The van der Waals surface area contributed by atoms with Crippen LogP contribution in [0.25, 0.3) is 0 Å². The molecule has 4 heteroatoms. The van der Waals surface area contributed by atoms with E-state index in [1.165, 1.54) is 12.7 Å². The summed E-state index contributed by atoms with van der Waals surface area (Å²) >= 11 is 0. The third-order valence-corrected chi connectivity index (χ3v) is 4.01. The number of fused-ring (bicyclic) bond motifs is 1. The van der Waals surface area contributed by atoms with E-state index in [9.17, 15) is 9.59 Å². The summed E-state index contributed by atoms with van der Waals surface area (Å²) in [5.41, 5.74) is 3.20. The Morgan fingerprint density at radius 1 is 1.40 bits per heavy atom. The van der Waals surface area contributed by atoms with Gasteiger partial charge in [0.1, 0.15) is 6.54 Å². The van der Waals surface area contributed by atoms with Crippen LogP contribution in [0.5, 0.6) is 0 Å². The molecule has 0 saturated heterocycles. The molecular weight excluding hydrogens is 254 g/mol. The Morgan fingerprint density at radius 3 is 2.80 bits per heavy atom. The van der Waals surface area contributed by atoms with Crippen LogP contribution in [-0.2, 0) is 20.7 Å². The summed E-state index contributed by atoms with van der Waals surface area (Å²) < 4.78 is 4.68. The van der Waals surface area contributed by atoms with Crippen molar-refractivity contribution in [2.24, 2.45) is 0 Å². The maximum Gasteiger partial charge on any atom is 0.325 e. The van der Waals surface area contributed by atoms with Gasteiger partial charge in [0, 0.05) is 12.1 Å². The van der Waals surface area contributed by atoms with Crippen LogP contribution in [0.15, 0.2) is 18.2 Å². The summed E-state index contributed by atoms with van der Waals surface area (Å²) in [6, 6.07) is 6.25. The SMILES string of the molecule is CCC(C)c1ccc2c(c1)N(CC(=O)OC)C(=O)CC2. The maximum atomic E-state index is 12.1. The molecule has 1 heterocycles. The lowest BCUT2D eigenvalue weighted by molar-refractivity contribution is -0.140. The van der Waals surface area contributed by atoms with E-state index in [-0.39, 0.29) is 18.4 Å². The van der Waals surface area contributed by atoms with Crippen LogP contribution < -0.4 is 4.90 Å². The minimum atomic E-state index is -0.389. The minimum absolute atomic E-state index is 0.00765. The fourth-order valence-electron chi connectivity index (χ4n) is 2.46. The van der Waals surface area contributed by atoms with Crippen molar-refractivity contribution >= 4 is 17.6 Å². The number of benzene rings is 1. The fraction of sp³-hybridized carbons (Fsp3) is 0.500. The number of esters is 1. The Hall–Kier alpha value is -1.84. The highest BCUT2D eigenvalue weighted by Crippen LogP contribution is 2.31.